The average Bonchev–Trinajstić information content (AvgIpc) is 2.87. The lowest BCUT2D eigenvalue weighted by molar-refractivity contribution is -0.144. The van der Waals surface area contributed by atoms with E-state index in [1.807, 2.05) is 12.1 Å². The number of carbonyl (C=O) groups is 1. The molecule has 1 atom stereocenters. The smallest absolute Gasteiger partial charge is 0.311 e. The summed E-state index contributed by atoms with van der Waals surface area (Å²) >= 11 is 7.30. The number of aliphatic carboxylic acids is 1. The summed E-state index contributed by atoms with van der Waals surface area (Å²) in [5, 5.41) is 12.3. The largest absolute Gasteiger partial charge is 0.481 e. The highest BCUT2D eigenvalue weighted by atomic mass is 35.5. The van der Waals surface area contributed by atoms with Crippen LogP contribution in [0, 0.1) is 5.41 Å². The molecule has 1 unspecified atom stereocenters. The van der Waals surface area contributed by atoms with Crippen LogP contribution in [0.4, 0.5) is 0 Å². The van der Waals surface area contributed by atoms with Crippen molar-refractivity contribution in [3.8, 4) is 0 Å². The number of rotatable bonds is 4. The summed E-state index contributed by atoms with van der Waals surface area (Å²) in [4.78, 5) is 12.2. The summed E-state index contributed by atoms with van der Waals surface area (Å²) in [6, 6.07) is 3.59. The predicted molar refractivity (Wildman–Crippen MR) is 60.4 cm³/mol. The van der Waals surface area contributed by atoms with Crippen molar-refractivity contribution in [3.63, 3.8) is 0 Å². The van der Waals surface area contributed by atoms with Crippen LogP contribution in [0.15, 0.2) is 12.1 Å². The summed E-state index contributed by atoms with van der Waals surface area (Å²) in [7, 11) is 1.79. The third-order valence-corrected chi connectivity index (χ3v) is 4.23. The summed E-state index contributed by atoms with van der Waals surface area (Å²) < 4.78 is 0.700. The van der Waals surface area contributed by atoms with Crippen molar-refractivity contribution in [3.05, 3.63) is 21.3 Å². The van der Waals surface area contributed by atoms with Gasteiger partial charge in [0.2, 0.25) is 0 Å². The molecule has 5 heteroatoms. The number of hydrogen-bond acceptors (Lipinski definition) is 3. The van der Waals surface area contributed by atoms with Crippen molar-refractivity contribution < 1.29 is 9.90 Å². The SMILES string of the molecule is CNC(c1ccc(Cl)s1)C1(C(=O)O)CC1. The Labute approximate surface area is 97.1 Å². The van der Waals surface area contributed by atoms with E-state index in [1.165, 1.54) is 11.3 Å². The van der Waals surface area contributed by atoms with Gasteiger partial charge in [0.1, 0.15) is 0 Å². The van der Waals surface area contributed by atoms with Crippen LogP contribution in [0.25, 0.3) is 0 Å². The van der Waals surface area contributed by atoms with E-state index >= 15 is 0 Å². The van der Waals surface area contributed by atoms with Crippen molar-refractivity contribution in [2.75, 3.05) is 7.05 Å². The number of halogens is 1. The van der Waals surface area contributed by atoms with Crippen LogP contribution in [-0.2, 0) is 4.79 Å². The Bertz CT molecular complexity index is 387. The van der Waals surface area contributed by atoms with Crippen LogP contribution in [0.2, 0.25) is 4.34 Å². The molecule has 0 radical (unpaired) electrons. The van der Waals surface area contributed by atoms with Gasteiger partial charge in [0.25, 0.3) is 0 Å². The molecular formula is C10H12ClNO2S. The summed E-state index contributed by atoms with van der Waals surface area (Å²) in [5.74, 6) is -0.716. The van der Waals surface area contributed by atoms with Gasteiger partial charge in [0, 0.05) is 4.88 Å². The zero-order chi connectivity index (χ0) is 11.1. The lowest BCUT2D eigenvalue weighted by Crippen LogP contribution is -2.31. The second-order valence-corrected chi connectivity index (χ2v) is 5.57. The third kappa shape index (κ3) is 1.77. The Morgan fingerprint density at radius 1 is 1.67 bits per heavy atom. The Morgan fingerprint density at radius 3 is 2.67 bits per heavy atom. The lowest BCUT2D eigenvalue weighted by atomic mass is 9.95. The third-order valence-electron chi connectivity index (χ3n) is 2.93. The second kappa shape index (κ2) is 3.77. The van der Waals surface area contributed by atoms with Gasteiger partial charge < -0.3 is 10.4 Å². The number of carboxylic acid groups (broad SMARTS) is 1. The quantitative estimate of drug-likeness (QED) is 0.857. The maximum absolute atomic E-state index is 11.2. The lowest BCUT2D eigenvalue weighted by Gasteiger charge is -2.21. The highest BCUT2D eigenvalue weighted by Gasteiger charge is 2.56. The minimum atomic E-state index is -0.716. The van der Waals surface area contributed by atoms with Crippen LogP contribution in [-0.4, -0.2) is 18.1 Å². The maximum Gasteiger partial charge on any atom is 0.311 e. The first-order valence-corrected chi connectivity index (χ1v) is 5.95. The maximum atomic E-state index is 11.2. The molecule has 0 amide bonds. The van der Waals surface area contributed by atoms with Crippen LogP contribution in [0.1, 0.15) is 23.8 Å². The second-order valence-electron chi connectivity index (χ2n) is 3.82. The number of hydrogen-bond donors (Lipinski definition) is 2. The van der Waals surface area contributed by atoms with E-state index in [1.54, 1.807) is 7.05 Å². The zero-order valence-corrected chi connectivity index (χ0v) is 9.86. The summed E-state index contributed by atoms with van der Waals surface area (Å²) in [6.07, 6.45) is 1.48. The first kappa shape index (κ1) is 10.9. The van der Waals surface area contributed by atoms with E-state index in [2.05, 4.69) is 5.32 Å². The number of carboxylic acids is 1. The molecular weight excluding hydrogens is 234 g/mol. The van der Waals surface area contributed by atoms with E-state index in [9.17, 15) is 9.90 Å². The molecule has 1 heterocycles. The first-order chi connectivity index (χ1) is 7.10. The predicted octanol–water partition coefficient (Wildman–Crippen LogP) is 2.53. The fourth-order valence-electron chi connectivity index (χ4n) is 1.93. The number of nitrogens with one attached hydrogen (secondary N) is 1. The normalized spacial score (nSPS) is 19.9. The van der Waals surface area contributed by atoms with Gasteiger partial charge in [-0.1, -0.05) is 11.6 Å². The summed E-state index contributed by atoms with van der Waals surface area (Å²) in [5.41, 5.74) is -0.608. The van der Waals surface area contributed by atoms with Gasteiger partial charge in [-0.15, -0.1) is 11.3 Å². The topological polar surface area (TPSA) is 49.3 Å². The highest BCUT2D eigenvalue weighted by molar-refractivity contribution is 7.16. The average molecular weight is 246 g/mol. The molecule has 0 saturated heterocycles. The van der Waals surface area contributed by atoms with Gasteiger partial charge >= 0.3 is 5.97 Å². The molecule has 1 aromatic rings. The monoisotopic (exact) mass is 245 g/mol. The molecule has 1 aliphatic rings. The molecule has 2 N–H and O–H groups in total. The molecule has 1 saturated carbocycles. The van der Waals surface area contributed by atoms with Crippen molar-refractivity contribution in [1.82, 2.24) is 5.32 Å². The Kier molecular flexibility index (Phi) is 2.75. The standard InChI is InChI=1S/C10H12ClNO2S/c1-12-8(6-2-3-7(11)15-6)10(4-5-10)9(13)14/h2-3,8,12H,4-5H2,1H3,(H,13,14). The molecule has 15 heavy (non-hydrogen) atoms. The van der Waals surface area contributed by atoms with E-state index < -0.39 is 11.4 Å². The van der Waals surface area contributed by atoms with Crippen molar-refractivity contribution in [2.45, 2.75) is 18.9 Å². The molecule has 1 aromatic heterocycles. The van der Waals surface area contributed by atoms with Crippen LogP contribution in [0.5, 0.6) is 0 Å². The molecule has 0 aliphatic heterocycles. The minimum Gasteiger partial charge on any atom is -0.481 e. The van der Waals surface area contributed by atoms with Gasteiger partial charge in [-0.05, 0) is 32.0 Å². The highest BCUT2D eigenvalue weighted by Crippen LogP contribution is 2.56. The van der Waals surface area contributed by atoms with E-state index in [-0.39, 0.29) is 6.04 Å². The fourth-order valence-corrected chi connectivity index (χ4v) is 3.22. The Morgan fingerprint density at radius 2 is 2.33 bits per heavy atom. The van der Waals surface area contributed by atoms with Gasteiger partial charge in [0.15, 0.2) is 0 Å². The Hall–Kier alpha value is -0.580. The van der Waals surface area contributed by atoms with Crippen molar-refractivity contribution in [2.24, 2.45) is 5.41 Å². The van der Waals surface area contributed by atoms with E-state index in [4.69, 9.17) is 11.6 Å². The van der Waals surface area contributed by atoms with Crippen molar-refractivity contribution in [1.29, 1.82) is 0 Å². The molecule has 1 fully saturated rings. The first-order valence-electron chi connectivity index (χ1n) is 4.76. The van der Waals surface area contributed by atoms with Gasteiger partial charge in [-0.25, -0.2) is 0 Å². The van der Waals surface area contributed by atoms with E-state index in [0.29, 0.717) is 4.34 Å². The van der Waals surface area contributed by atoms with Crippen LogP contribution >= 0.6 is 22.9 Å². The molecule has 82 valence electrons. The van der Waals surface area contributed by atoms with Crippen molar-refractivity contribution >= 4 is 28.9 Å². The van der Waals surface area contributed by atoms with Crippen LogP contribution in [0.3, 0.4) is 0 Å². The van der Waals surface area contributed by atoms with Gasteiger partial charge in [0.05, 0.1) is 15.8 Å². The molecule has 3 nitrogen and oxygen atoms in total. The fraction of sp³-hybridized carbons (Fsp3) is 0.500. The molecule has 1 aliphatic carbocycles. The number of thiophene rings is 1. The van der Waals surface area contributed by atoms with Crippen LogP contribution < -0.4 is 5.32 Å². The molecule has 0 aromatic carbocycles. The zero-order valence-electron chi connectivity index (χ0n) is 8.29. The van der Waals surface area contributed by atoms with E-state index in [0.717, 1.165) is 17.7 Å². The van der Waals surface area contributed by atoms with Gasteiger partial charge in [-0.2, -0.15) is 0 Å². The summed E-state index contributed by atoms with van der Waals surface area (Å²) in [6.45, 7) is 0. The molecule has 2 rings (SSSR count). The van der Waals surface area contributed by atoms with Gasteiger partial charge in [-0.3, -0.25) is 4.79 Å². The minimum absolute atomic E-state index is 0.118. The Balaban J connectivity index is 2.29. The molecule has 0 spiro atoms. The molecule has 0 bridgehead atoms.